The first-order valence-electron chi connectivity index (χ1n) is 4.17. The number of hydrogen-bond donors (Lipinski definition) is 1. The van der Waals surface area contributed by atoms with Crippen LogP contribution in [0.3, 0.4) is 0 Å². The highest BCUT2D eigenvalue weighted by molar-refractivity contribution is 14.1. The van der Waals surface area contributed by atoms with Crippen LogP contribution in [-0.4, -0.2) is 15.0 Å². The van der Waals surface area contributed by atoms with Crippen LogP contribution in [0.25, 0.3) is 11.0 Å². The molecule has 0 aliphatic carbocycles. The molecule has 2 rings (SSSR count). The van der Waals surface area contributed by atoms with Gasteiger partial charge in [0, 0.05) is 12.1 Å². The maximum atomic E-state index is 4.51. The molecular weight excluding hydrogens is 277 g/mol. The lowest BCUT2D eigenvalue weighted by Gasteiger charge is -1.95. The molecule has 3 nitrogen and oxygen atoms in total. The monoisotopic (exact) mass is 287 g/mol. The first kappa shape index (κ1) is 8.93. The lowest BCUT2D eigenvalue weighted by molar-refractivity contribution is 0.799. The summed E-state index contributed by atoms with van der Waals surface area (Å²) < 4.78 is 1.10. The number of halogens is 1. The molecule has 0 fully saturated rings. The second-order valence-electron chi connectivity index (χ2n) is 3.29. The SMILES string of the molecule is CC(C)c1nc2c(I)cncc2[nH]1. The van der Waals surface area contributed by atoms with Crippen molar-refractivity contribution < 1.29 is 0 Å². The first-order valence-corrected chi connectivity index (χ1v) is 5.25. The van der Waals surface area contributed by atoms with E-state index in [4.69, 9.17) is 0 Å². The van der Waals surface area contributed by atoms with E-state index in [0.29, 0.717) is 5.92 Å². The number of nitrogens with one attached hydrogen (secondary N) is 1. The number of rotatable bonds is 1. The van der Waals surface area contributed by atoms with Gasteiger partial charge in [-0.2, -0.15) is 0 Å². The van der Waals surface area contributed by atoms with E-state index in [1.54, 1.807) is 0 Å². The van der Waals surface area contributed by atoms with E-state index in [9.17, 15) is 0 Å². The summed E-state index contributed by atoms with van der Waals surface area (Å²) in [6.45, 7) is 4.25. The molecule has 1 N–H and O–H groups in total. The molecule has 0 bridgehead atoms. The molecule has 2 aromatic rings. The zero-order valence-corrected chi connectivity index (χ0v) is 9.66. The molecule has 0 atom stereocenters. The normalized spacial score (nSPS) is 11.4. The van der Waals surface area contributed by atoms with Gasteiger partial charge >= 0.3 is 0 Å². The Balaban J connectivity index is 2.68. The lowest BCUT2D eigenvalue weighted by atomic mass is 10.2. The van der Waals surface area contributed by atoms with Crippen molar-refractivity contribution in [3.8, 4) is 0 Å². The van der Waals surface area contributed by atoms with Crippen molar-refractivity contribution in [3.63, 3.8) is 0 Å². The summed E-state index contributed by atoms with van der Waals surface area (Å²) in [4.78, 5) is 11.9. The third-order valence-electron chi connectivity index (χ3n) is 1.91. The van der Waals surface area contributed by atoms with Gasteiger partial charge in [-0.15, -0.1) is 0 Å². The van der Waals surface area contributed by atoms with E-state index in [0.717, 1.165) is 20.4 Å². The second kappa shape index (κ2) is 3.25. The van der Waals surface area contributed by atoms with Crippen LogP contribution in [0.2, 0.25) is 0 Å². The molecule has 0 radical (unpaired) electrons. The Hall–Kier alpha value is -0.650. The van der Waals surface area contributed by atoms with E-state index in [1.807, 2.05) is 12.4 Å². The van der Waals surface area contributed by atoms with Crippen molar-refractivity contribution in [1.82, 2.24) is 15.0 Å². The number of hydrogen-bond acceptors (Lipinski definition) is 2. The van der Waals surface area contributed by atoms with Crippen molar-refractivity contribution in [2.45, 2.75) is 19.8 Å². The predicted octanol–water partition coefficient (Wildman–Crippen LogP) is 2.69. The van der Waals surface area contributed by atoms with Crippen LogP contribution >= 0.6 is 22.6 Å². The fourth-order valence-corrected chi connectivity index (χ4v) is 1.77. The Morgan fingerprint density at radius 3 is 2.77 bits per heavy atom. The molecular formula is C9H10IN3. The van der Waals surface area contributed by atoms with Crippen LogP contribution < -0.4 is 0 Å². The number of H-pyrrole nitrogens is 1. The Morgan fingerprint density at radius 1 is 1.38 bits per heavy atom. The molecule has 2 aromatic heterocycles. The standard InChI is InChI=1S/C9H10IN3/c1-5(2)9-12-7-4-11-3-6(10)8(7)13-9/h3-5H,1-2H3,(H,12,13). The van der Waals surface area contributed by atoms with E-state index < -0.39 is 0 Å². The number of pyridine rings is 1. The molecule has 68 valence electrons. The molecule has 4 heteroatoms. The average molecular weight is 287 g/mol. The maximum Gasteiger partial charge on any atom is 0.109 e. The van der Waals surface area contributed by atoms with Crippen molar-refractivity contribution >= 4 is 33.6 Å². The van der Waals surface area contributed by atoms with Gasteiger partial charge in [0.05, 0.1) is 15.3 Å². The third kappa shape index (κ3) is 1.54. The summed E-state index contributed by atoms with van der Waals surface area (Å²) in [6.07, 6.45) is 3.64. The van der Waals surface area contributed by atoms with Gasteiger partial charge in [-0.3, -0.25) is 4.98 Å². The third-order valence-corrected chi connectivity index (χ3v) is 2.70. The van der Waals surface area contributed by atoms with Gasteiger partial charge in [-0.1, -0.05) is 13.8 Å². The maximum absolute atomic E-state index is 4.51. The van der Waals surface area contributed by atoms with Crippen molar-refractivity contribution in [3.05, 3.63) is 21.8 Å². The van der Waals surface area contributed by atoms with Crippen LogP contribution in [0.5, 0.6) is 0 Å². The van der Waals surface area contributed by atoms with Gasteiger partial charge in [-0.25, -0.2) is 4.98 Å². The van der Waals surface area contributed by atoms with Crippen LogP contribution in [0.4, 0.5) is 0 Å². The molecule has 0 aromatic carbocycles. The summed E-state index contributed by atoms with van der Waals surface area (Å²) in [5.41, 5.74) is 2.05. The van der Waals surface area contributed by atoms with E-state index in [-0.39, 0.29) is 0 Å². The van der Waals surface area contributed by atoms with Gasteiger partial charge < -0.3 is 4.98 Å². The number of aromatic amines is 1. The van der Waals surface area contributed by atoms with E-state index >= 15 is 0 Å². The molecule has 0 aliphatic heterocycles. The van der Waals surface area contributed by atoms with Crippen LogP contribution in [0.15, 0.2) is 12.4 Å². The highest BCUT2D eigenvalue weighted by atomic mass is 127. The van der Waals surface area contributed by atoms with E-state index in [1.165, 1.54) is 0 Å². The summed E-state index contributed by atoms with van der Waals surface area (Å²) in [5.74, 6) is 1.46. The largest absolute Gasteiger partial charge is 0.340 e. The predicted molar refractivity (Wildman–Crippen MR) is 60.7 cm³/mol. The summed E-state index contributed by atoms with van der Waals surface area (Å²) in [7, 11) is 0. The van der Waals surface area contributed by atoms with E-state index in [2.05, 4.69) is 51.4 Å². The number of nitrogens with zero attached hydrogens (tertiary/aromatic N) is 2. The minimum Gasteiger partial charge on any atom is -0.340 e. The topological polar surface area (TPSA) is 41.6 Å². The van der Waals surface area contributed by atoms with Crippen molar-refractivity contribution in [1.29, 1.82) is 0 Å². The van der Waals surface area contributed by atoms with Gasteiger partial charge in [0.1, 0.15) is 11.3 Å². The minimum atomic E-state index is 0.434. The molecule has 0 spiro atoms. The zero-order valence-electron chi connectivity index (χ0n) is 7.50. The van der Waals surface area contributed by atoms with Crippen LogP contribution in [0.1, 0.15) is 25.6 Å². The van der Waals surface area contributed by atoms with Gasteiger partial charge in [0.2, 0.25) is 0 Å². The van der Waals surface area contributed by atoms with Crippen LogP contribution in [-0.2, 0) is 0 Å². The van der Waals surface area contributed by atoms with Crippen LogP contribution in [0, 0.1) is 3.57 Å². The molecule has 0 saturated heterocycles. The summed E-state index contributed by atoms with van der Waals surface area (Å²) in [5, 5.41) is 0. The Kier molecular flexibility index (Phi) is 2.23. The molecule has 13 heavy (non-hydrogen) atoms. The smallest absolute Gasteiger partial charge is 0.109 e. The molecule has 0 saturated carbocycles. The summed E-state index contributed by atoms with van der Waals surface area (Å²) in [6, 6.07) is 0. The lowest BCUT2D eigenvalue weighted by Crippen LogP contribution is -1.88. The number of imidazole rings is 1. The molecule has 2 heterocycles. The Bertz CT molecular complexity index is 433. The molecule has 0 amide bonds. The first-order chi connectivity index (χ1) is 6.18. The summed E-state index contributed by atoms with van der Waals surface area (Å²) >= 11 is 2.25. The average Bonchev–Trinajstić information content (AvgIpc) is 2.49. The van der Waals surface area contributed by atoms with Gasteiger partial charge in [0.15, 0.2) is 0 Å². The fourth-order valence-electron chi connectivity index (χ4n) is 1.19. The second-order valence-corrected chi connectivity index (χ2v) is 4.46. The van der Waals surface area contributed by atoms with Gasteiger partial charge in [0.25, 0.3) is 0 Å². The minimum absolute atomic E-state index is 0.434. The zero-order chi connectivity index (χ0) is 9.42. The van der Waals surface area contributed by atoms with Crippen molar-refractivity contribution in [2.24, 2.45) is 0 Å². The highest BCUT2D eigenvalue weighted by Gasteiger charge is 2.08. The molecule has 0 unspecified atom stereocenters. The Morgan fingerprint density at radius 2 is 2.15 bits per heavy atom. The Labute approximate surface area is 90.1 Å². The van der Waals surface area contributed by atoms with Crippen molar-refractivity contribution in [2.75, 3.05) is 0 Å². The molecule has 0 aliphatic rings. The highest BCUT2D eigenvalue weighted by Crippen LogP contribution is 2.19. The van der Waals surface area contributed by atoms with Gasteiger partial charge in [-0.05, 0) is 22.6 Å². The number of fused-ring (bicyclic) bond motifs is 1. The fraction of sp³-hybridized carbons (Fsp3) is 0.333. The quantitative estimate of drug-likeness (QED) is 0.819. The number of aromatic nitrogens is 3.